The van der Waals surface area contributed by atoms with E-state index in [1.165, 1.54) is 36.5 Å². The normalized spacial score (nSPS) is 11.5. The molecule has 0 N–H and O–H groups in total. The quantitative estimate of drug-likeness (QED) is 0.298. The second-order valence-electron chi connectivity index (χ2n) is 8.20. The molecular weight excluding hydrogens is 500 g/mol. The van der Waals surface area contributed by atoms with E-state index in [9.17, 15) is 18.0 Å². The first-order valence-electron chi connectivity index (χ1n) is 11.5. The molecule has 186 valence electrons. The lowest BCUT2D eigenvalue weighted by molar-refractivity contribution is 0.0772. The Morgan fingerprint density at radius 2 is 1.69 bits per heavy atom. The number of aromatic nitrogens is 3. The summed E-state index contributed by atoms with van der Waals surface area (Å²) in [5.74, 6) is 0.174. The van der Waals surface area contributed by atoms with Crippen molar-refractivity contribution in [2.24, 2.45) is 0 Å². The second-order valence-corrected chi connectivity index (χ2v) is 10.6. The number of rotatable bonds is 9. The molecule has 10 heteroatoms. The highest BCUT2D eigenvalue weighted by Crippen LogP contribution is 2.26. The highest BCUT2D eigenvalue weighted by atomic mass is 35.5. The van der Waals surface area contributed by atoms with Gasteiger partial charge in [0.1, 0.15) is 0 Å². The molecule has 36 heavy (non-hydrogen) atoms. The molecule has 0 saturated carbocycles. The molecule has 0 atom stereocenters. The molecular formula is C26H25ClN4O4S. The Morgan fingerprint density at radius 1 is 0.972 bits per heavy atom. The number of imidazole rings is 1. The van der Waals surface area contributed by atoms with Gasteiger partial charge >= 0.3 is 0 Å². The summed E-state index contributed by atoms with van der Waals surface area (Å²) < 4.78 is 28.2. The van der Waals surface area contributed by atoms with Crippen molar-refractivity contribution in [1.29, 1.82) is 0 Å². The van der Waals surface area contributed by atoms with Crippen LogP contribution in [0.15, 0.2) is 77.0 Å². The van der Waals surface area contributed by atoms with Gasteiger partial charge in [0.2, 0.25) is 15.6 Å². The molecule has 0 bridgehead atoms. The molecule has 1 amide bonds. The molecule has 0 radical (unpaired) electrons. The fourth-order valence-electron chi connectivity index (χ4n) is 3.87. The van der Waals surface area contributed by atoms with Gasteiger partial charge in [-0.05, 0) is 56.2 Å². The van der Waals surface area contributed by atoms with Crippen LogP contribution in [0.1, 0.15) is 46.5 Å². The lowest BCUT2D eigenvalue weighted by Crippen LogP contribution is -2.30. The number of benzene rings is 2. The number of sulfone groups is 1. The van der Waals surface area contributed by atoms with Gasteiger partial charge < -0.3 is 4.90 Å². The fourth-order valence-corrected chi connectivity index (χ4v) is 5.50. The van der Waals surface area contributed by atoms with Crippen LogP contribution >= 0.6 is 11.6 Å². The van der Waals surface area contributed by atoms with Crippen LogP contribution in [0.2, 0.25) is 5.02 Å². The summed E-state index contributed by atoms with van der Waals surface area (Å²) in [6.07, 6.45) is 7.22. The van der Waals surface area contributed by atoms with Crippen LogP contribution in [0.25, 0.3) is 5.78 Å². The molecule has 8 nitrogen and oxygen atoms in total. The SMILES string of the molecule is CCN(CC)C(=O)c1cc(Cl)cc(S(=O)(=O)c2ccc(CCC(=O)c3cnc4nccn4c3)cc2)c1. The van der Waals surface area contributed by atoms with Gasteiger partial charge in [0.15, 0.2) is 5.78 Å². The number of hydrogen-bond donors (Lipinski definition) is 0. The third kappa shape index (κ3) is 5.32. The van der Waals surface area contributed by atoms with Crippen molar-refractivity contribution in [2.45, 2.75) is 36.5 Å². The van der Waals surface area contributed by atoms with Crippen molar-refractivity contribution in [3.05, 3.63) is 89.0 Å². The molecule has 0 saturated heterocycles. The molecule has 0 unspecified atom stereocenters. The summed E-state index contributed by atoms with van der Waals surface area (Å²) in [6.45, 7) is 4.72. The molecule has 0 aliphatic heterocycles. The van der Waals surface area contributed by atoms with Crippen molar-refractivity contribution in [1.82, 2.24) is 19.3 Å². The van der Waals surface area contributed by atoms with Crippen LogP contribution in [0, 0.1) is 0 Å². The average Bonchev–Trinajstić information content (AvgIpc) is 3.36. The van der Waals surface area contributed by atoms with Crippen LogP contribution in [-0.4, -0.2) is 52.5 Å². The number of nitrogens with zero attached hydrogens (tertiary/aromatic N) is 4. The standard InChI is InChI=1S/C26H25ClN4O4S/c1-3-30(4-2)25(33)19-13-21(27)15-23(14-19)36(34,35)22-8-5-18(6-9-22)7-10-24(32)20-16-29-26-28-11-12-31(26)17-20/h5-6,8-9,11-17H,3-4,7,10H2,1-2H3. The van der Waals surface area contributed by atoms with E-state index in [-0.39, 0.29) is 38.5 Å². The van der Waals surface area contributed by atoms with E-state index in [1.54, 1.807) is 40.0 Å². The smallest absolute Gasteiger partial charge is 0.253 e. The minimum Gasteiger partial charge on any atom is -0.339 e. The van der Waals surface area contributed by atoms with Crippen molar-refractivity contribution in [3.63, 3.8) is 0 Å². The highest BCUT2D eigenvalue weighted by Gasteiger charge is 2.22. The summed E-state index contributed by atoms with van der Waals surface area (Å²) in [6, 6.07) is 10.5. The van der Waals surface area contributed by atoms with Gasteiger partial charge in [-0.15, -0.1) is 0 Å². The molecule has 4 rings (SSSR count). The van der Waals surface area contributed by atoms with Gasteiger partial charge in [-0.1, -0.05) is 23.7 Å². The van der Waals surface area contributed by atoms with E-state index in [1.807, 2.05) is 13.8 Å². The van der Waals surface area contributed by atoms with E-state index < -0.39 is 9.84 Å². The van der Waals surface area contributed by atoms with Crippen molar-refractivity contribution >= 4 is 38.9 Å². The number of amides is 1. The summed E-state index contributed by atoms with van der Waals surface area (Å²) in [5.41, 5.74) is 1.53. The minimum absolute atomic E-state index is 0.0455. The topological polar surface area (TPSA) is 102 Å². The number of aryl methyl sites for hydroxylation is 1. The first-order chi connectivity index (χ1) is 17.2. The van der Waals surface area contributed by atoms with E-state index in [0.29, 0.717) is 30.9 Å². The number of halogens is 1. The molecule has 2 aromatic carbocycles. The van der Waals surface area contributed by atoms with Crippen LogP contribution in [0.3, 0.4) is 0 Å². The summed E-state index contributed by atoms with van der Waals surface area (Å²) in [7, 11) is -3.90. The van der Waals surface area contributed by atoms with E-state index in [2.05, 4.69) is 9.97 Å². The summed E-state index contributed by atoms with van der Waals surface area (Å²) >= 11 is 6.17. The molecule has 2 heterocycles. The van der Waals surface area contributed by atoms with Gasteiger partial charge in [0.05, 0.1) is 15.4 Å². The maximum Gasteiger partial charge on any atom is 0.253 e. The predicted molar refractivity (Wildman–Crippen MR) is 136 cm³/mol. The van der Waals surface area contributed by atoms with Gasteiger partial charge in [0.25, 0.3) is 5.91 Å². The Balaban J connectivity index is 1.49. The molecule has 0 aliphatic rings. The Kier molecular flexibility index (Phi) is 7.51. The number of carbonyl (C=O) groups is 2. The fraction of sp³-hybridized carbons (Fsp3) is 0.231. The summed E-state index contributed by atoms with van der Waals surface area (Å²) in [5, 5.41) is 0.171. The third-order valence-corrected chi connectivity index (χ3v) is 7.89. The molecule has 0 aliphatic carbocycles. The highest BCUT2D eigenvalue weighted by molar-refractivity contribution is 7.91. The van der Waals surface area contributed by atoms with Crippen molar-refractivity contribution < 1.29 is 18.0 Å². The van der Waals surface area contributed by atoms with Crippen molar-refractivity contribution in [3.8, 4) is 0 Å². The van der Waals surface area contributed by atoms with Gasteiger partial charge in [-0.3, -0.25) is 14.0 Å². The number of carbonyl (C=O) groups excluding carboxylic acids is 2. The number of Topliss-reactive ketones (excluding diaryl/α,β-unsaturated/α-hetero) is 1. The zero-order valence-electron chi connectivity index (χ0n) is 19.9. The van der Waals surface area contributed by atoms with Gasteiger partial charge in [-0.2, -0.15) is 0 Å². The zero-order valence-corrected chi connectivity index (χ0v) is 21.5. The van der Waals surface area contributed by atoms with E-state index in [0.717, 1.165) is 5.56 Å². The van der Waals surface area contributed by atoms with Crippen molar-refractivity contribution in [2.75, 3.05) is 13.1 Å². The Bertz CT molecular complexity index is 1530. The van der Waals surface area contributed by atoms with Gasteiger partial charge in [0, 0.05) is 54.9 Å². The average molecular weight is 525 g/mol. The molecule has 4 aromatic rings. The van der Waals surface area contributed by atoms with Gasteiger partial charge in [-0.25, -0.2) is 18.4 Å². The van der Waals surface area contributed by atoms with E-state index >= 15 is 0 Å². The first kappa shape index (κ1) is 25.5. The first-order valence-corrected chi connectivity index (χ1v) is 13.3. The molecule has 0 fully saturated rings. The number of fused-ring (bicyclic) bond motifs is 1. The Morgan fingerprint density at radius 3 is 2.39 bits per heavy atom. The van der Waals surface area contributed by atoms with E-state index in [4.69, 9.17) is 11.6 Å². The summed E-state index contributed by atoms with van der Waals surface area (Å²) in [4.78, 5) is 35.2. The maximum absolute atomic E-state index is 13.3. The van der Waals surface area contributed by atoms with Crippen LogP contribution in [0.4, 0.5) is 0 Å². The van der Waals surface area contributed by atoms with Crippen LogP contribution in [-0.2, 0) is 16.3 Å². The monoisotopic (exact) mass is 524 g/mol. The lowest BCUT2D eigenvalue weighted by atomic mass is 10.0. The maximum atomic E-state index is 13.3. The zero-order chi connectivity index (χ0) is 25.9. The number of ketones is 1. The minimum atomic E-state index is -3.90. The van der Waals surface area contributed by atoms with Crippen LogP contribution < -0.4 is 0 Å². The van der Waals surface area contributed by atoms with Crippen LogP contribution in [0.5, 0.6) is 0 Å². The Labute approximate surface area is 214 Å². The number of hydrogen-bond acceptors (Lipinski definition) is 6. The lowest BCUT2D eigenvalue weighted by Gasteiger charge is -2.19. The molecule has 2 aromatic heterocycles. The second kappa shape index (κ2) is 10.6. The third-order valence-electron chi connectivity index (χ3n) is 5.92. The predicted octanol–water partition coefficient (Wildman–Crippen LogP) is 4.51. The largest absolute Gasteiger partial charge is 0.339 e. The molecule has 0 spiro atoms. The Hall–Kier alpha value is -3.56.